The van der Waals surface area contributed by atoms with Gasteiger partial charge >= 0.3 is 0 Å². The van der Waals surface area contributed by atoms with E-state index < -0.39 is 11.6 Å². The van der Waals surface area contributed by atoms with Crippen molar-refractivity contribution < 1.29 is 13.6 Å². The van der Waals surface area contributed by atoms with Gasteiger partial charge < -0.3 is 5.32 Å². The van der Waals surface area contributed by atoms with Crippen LogP contribution in [0, 0.1) is 11.6 Å². The largest absolute Gasteiger partial charge is 0.351 e. The molecular weight excluding hydrogens is 324 g/mol. The standard InChI is InChI=1S/C14H11F2N5OS/c15-10-5-9(6-11(16)7-10)1-3-17-14(22)13-12(2-4-23-13)21-8-18-19-20-21/h2,4-8H,1,3H2,(H,17,22). The molecule has 118 valence electrons. The number of nitrogens with one attached hydrogen (secondary N) is 1. The monoisotopic (exact) mass is 335 g/mol. The van der Waals surface area contributed by atoms with Crippen LogP contribution >= 0.6 is 11.3 Å². The van der Waals surface area contributed by atoms with E-state index in [4.69, 9.17) is 0 Å². The zero-order valence-corrected chi connectivity index (χ0v) is 12.6. The number of thiophene rings is 1. The molecule has 0 atom stereocenters. The second-order valence-corrected chi connectivity index (χ2v) is 5.59. The minimum atomic E-state index is -0.634. The fraction of sp³-hybridized carbons (Fsp3) is 0.143. The maximum atomic E-state index is 13.1. The first-order valence-corrected chi connectivity index (χ1v) is 7.55. The molecule has 0 aliphatic carbocycles. The SMILES string of the molecule is O=C(NCCc1cc(F)cc(F)c1)c1sccc1-n1cnnn1. The zero-order chi connectivity index (χ0) is 16.2. The molecule has 0 aliphatic heterocycles. The van der Waals surface area contributed by atoms with Crippen LogP contribution in [0.2, 0.25) is 0 Å². The highest BCUT2D eigenvalue weighted by molar-refractivity contribution is 7.12. The van der Waals surface area contributed by atoms with Gasteiger partial charge in [-0.3, -0.25) is 4.79 Å². The van der Waals surface area contributed by atoms with E-state index in [1.165, 1.54) is 34.5 Å². The first-order valence-electron chi connectivity index (χ1n) is 6.67. The lowest BCUT2D eigenvalue weighted by molar-refractivity contribution is 0.0958. The summed E-state index contributed by atoms with van der Waals surface area (Å²) in [4.78, 5) is 12.7. The van der Waals surface area contributed by atoms with Gasteiger partial charge in [-0.05, 0) is 46.0 Å². The summed E-state index contributed by atoms with van der Waals surface area (Å²) in [5.41, 5.74) is 1.06. The summed E-state index contributed by atoms with van der Waals surface area (Å²) in [5.74, 6) is -1.56. The summed E-state index contributed by atoms with van der Waals surface area (Å²) < 4.78 is 27.6. The third kappa shape index (κ3) is 3.57. The van der Waals surface area contributed by atoms with Crippen LogP contribution in [0.15, 0.2) is 36.0 Å². The summed E-state index contributed by atoms with van der Waals surface area (Å²) in [7, 11) is 0. The van der Waals surface area contributed by atoms with Gasteiger partial charge in [-0.15, -0.1) is 16.4 Å². The van der Waals surface area contributed by atoms with Gasteiger partial charge in [0.15, 0.2) is 0 Å². The van der Waals surface area contributed by atoms with Crippen LogP contribution in [0.3, 0.4) is 0 Å². The quantitative estimate of drug-likeness (QED) is 0.774. The molecule has 0 spiro atoms. The third-order valence-corrected chi connectivity index (χ3v) is 3.97. The van der Waals surface area contributed by atoms with E-state index in [-0.39, 0.29) is 12.5 Å². The minimum Gasteiger partial charge on any atom is -0.351 e. The number of hydrogen-bond acceptors (Lipinski definition) is 5. The second kappa shape index (κ2) is 6.61. The Bertz CT molecular complexity index is 798. The molecule has 3 aromatic rings. The van der Waals surface area contributed by atoms with E-state index in [1.54, 1.807) is 11.4 Å². The number of aromatic nitrogens is 4. The van der Waals surface area contributed by atoms with Crippen molar-refractivity contribution in [2.45, 2.75) is 6.42 Å². The Morgan fingerprint density at radius 2 is 2.04 bits per heavy atom. The van der Waals surface area contributed by atoms with Crippen LogP contribution in [0.25, 0.3) is 5.69 Å². The summed E-state index contributed by atoms with van der Waals surface area (Å²) in [6.45, 7) is 0.259. The fourth-order valence-electron chi connectivity index (χ4n) is 2.08. The number of halogens is 2. The van der Waals surface area contributed by atoms with Gasteiger partial charge in [-0.25, -0.2) is 8.78 Å². The van der Waals surface area contributed by atoms with E-state index >= 15 is 0 Å². The molecule has 0 saturated heterocycles. The van der Waals surface area contributed by atoms with E-state index in [0.29, 0.717) is 22.5 Å². The van der Waals surface area contributed by atoms with Crippen LogP contribution in [0.5, 0.6) is 0 Å². The van der Waals surface area contributed by atoms with E-state index in [1.807, 2.05) is 0 Å². The predicted molar refractivity (Wildman–Crippen MR) is 79.4 cm³/mol. The average Bonchev–Trinajstić information content (AvgIpc) is 3.17. The molecule has 0 unspecified atom stereocenters. The molecule has 0 fully saturated rings. The molecule has 0 saturated carbocycles. The average molecular weight is 335 g/mol. The van der Waals surface area contributed by atoms with Gasteiger partial charge in [0.2, 0.25) is 0 Å². The first-order chi connectivity index (χ1) is 11.1. The van der Waals surface area contributed by atoms with Crippen LogP contribution < -0.4 is 5.32 Å². The normalized spacial score (nSPS) is 10.7. The van der Waals surface area contributed by atoms with Crippen molar-refractivity contribution in [2.24, 2.45) is 0 Å². The lowest BCUT2D eigenvalue weighted by Crippen LogP contribution is -2.26. The number of rotatable bonds is 5. The van der Waals surface area contributed by atoms with Gasteiger partial charge in [0.1, 0.15) is 22.8 Å². The summed E-state index contributed by atoms with van der Waals surface area (Å²) in [6.07, 6.45) is 1.72. The van der Waals surface area contributed by atoms with Gasteiger partial charge in [0, 0.05) is 12.6 Å². The highest BCUT2D eigenvalue weighted by atomic mass is 32.1. The topological polar surface area (TPSA) is 72.7 Å². The van der Waals surface area contributed by atoms with Crippen molar-refractivity contribution in [3.05, 3.63) is 58.0 Å². The molecule has 3 rings (SSSR count). The molecule has 6 nitrogen and oxygen atoms in total. The Kier molecular flexibility index (Phi) is 4.38. The molecular formula is C14H11F2N5OS. The third-order valence-electron chi connectivity index (χ3n) is 3.07. The number of carbonyl (C=O) groups is 1. The van der Waals surface area contributed by atoms with E-state index in [0.717, 1.165) is 6.07 Å². The highest BCUT2D eigenvalue weighted by Crippen LogP contribution is 2.19. The fourth-order valence-corrected chi connectivity index (χ4v) is 2.87. The van der Waals surface area contributed by atoms with E-state index in [2.05, 4.69) is 20.8 Å². The maximum absolute atomic E-state index is 13.1. The molecule has 0 bridgehead atoms. The van der Waals surface area contributed by atoms with Gasteiger partial charge in [0.25, 0.3) is 5.91 Å². The van der Waals surface area contributed by atoms with Crippen LogP contribution in [-0.2, 0) is 6.42 Å². The lowest BCUT2D eigenvalue weighted by atomic mass is 10.1. The van der Waals surface area contributed by atoms with Crippen LogP contribution in [-0.4, -0.2) is 32.7 Å². The Morgan fingerprint density at radius 3 is 2.74 bits per heavy atom. The second-order valence-electron chi connectivity index (χ2n) is 4.67. The summed E-state index contributed by atoms with van der Waals surface area (Å²) >= 11 is 1.26. The Labute approximate surface area is 133 Å². The number of nitrogens with zero attached hydrogens (tertiary/aromatic N) is 4. The molecule has 0 radical (unpaired) electrons. The molecule has 2 aromatic heterocycles. The Balaban J connectivity index is 1.63. The zero-order valence-electron chi connectivity index (χ0n) is 11.7. The molecule has 23 heavy (non-hydrogen) atoms. The number of benzene rings is 1. The van der Waals surface area contributed by atoms with E-state index in [9.17, 15) is 13.6 Å². The Hall–Kier alpha value is -2.68. The van der Waals surface area contributed by atoms with Gasteiger partial charge in [-0.2, -0.15) is 4.68 Å². The summed E-state index contributed by atoms with van der Waals surface area (Å²) in [5, 5.41) is 15.3. The van der Waals surface area contributed by atoms with Gasteiger partial charge in [0.05, 0.1) is 5.69 Å². The molecule has 9 heteroatoms. The van der Waals surface area contributed by atoms with Crippen LogP contribution in [0.1, 0.15) is 15.2 Å². The Morgan fingerprint density at radius 1 is 1.26 bits per heavy atom. The van der Waals surface area contributed by atoms with Crippen molar-refractivity contribution in [1.29, 1.82) is 0 Å². The predicted octanol–water partition coefficient (Wildman–Crippen LogP) is 1.97. The van der Waals surface area contributed by atoms with Crippen LogP contribution in [0.4, 0.5) is 8.78 Å². The summed E-state index contributed by atoms with van der Waals surface area (Å²) in [6, 6.07) is 5.03. The number of tetrazole rings is 1. The first kappa shape index (κ1) is 15.2. The van der Waals surface area contributed by atoms with Crippen molar-refractivity contribution in [3.8, 4) is 5.69 Å². The van der Waals surface area contributed by atoms with Crippen molar-refractivity contribution in [1.82, 2.24) is 25.5 Å². The maximum Gasteiger partial charge on any atom is 0.263 e. The van der Waals surface area contributed by atoms with Crippen molar-refractivity contribution in [3.63, 3.8) is 0 Å². The molecule has 0 aliphatic rings. The smallest absolute Gasteiger partial charge is 0.263 e. The van der Waals surface area contributed by atoms with Crippen molar-refractivity contribution in [2.75, 3.05) is 6.54 Å². The number of hydrogen-bond donors (Lipinski definition) is 1. The van der Waals surface area contributed by atoms with Gasteiger partial charge in [-0.1, -0.05) is 0 Å². The number of amides is 1. The molecule has 1 N–H and O–H groups in total. The number of carbonyl (C=O) groups excluding carboxylic acids is 1. The lowest BCUT2D eigenvalue weighted by Gasteiger charge is -2.06. The van der Waals surface area contributed by atoms with Crippen molar-refractivity contribution >= 4 is 17.2 Å². The molecule has 1 aromatic carbocycles. The molecule has 1 amide bonds. The minimum absolute atomic E-state index is 0.259. The highest BCUT2D eigenvalue weighted by Gasteiger charge is 2.15. The molecule has 2 heterocycles.